The van der Waals surface area contributed by atoms with E-state index in [0.29, 0.717) is 49.3 Å². The molecular weight excluding hydrogens is 504 g/mol. The number of hydrogen-bond acceptors (Lipinski definition) is 9. The van der Waals surface area contributed by atoms with Gasteiger partial charge in [0.05, 0.1) is 31.5 Å². The third-order valence-electron chi connectivity index (χ3n) is 7.10. The Bertz CT molecular complexity index is 1260. The van der Waals surface area contributed by atoms with Crippen LogP contribution in [0.3, 0.4) is 0 Å². The lowest BCUT2D eigenvalue weighted by atomic mass is 10.0. The first-order valence-electron chi connectivity index (χ1n) is 12.8. The van der Waals surface area contributed by atoms with Gasteiger partial charge in [0.25, 0.3) is 0 Å². The summed E-state index contributed by atoms with van der Waals surface area (Å²) in [4.78, 5) is 42.6. The van der Waals surface area contributed by atoms with Crippen molar-refractivity contribution in [1.82, 2.24) is 19.8 Å². The summed E-state index contributed by atoms with van der Waals surface area (Å²) in [6.07, 6.45) is 3.09. The highest BCUT2D eigenvalue weighted by Gasteiger charge is 2.29. The Balaban J connectivity index is 1.36. The Morgan fingerprint density at radius 1 is 1.21 bits per heavy atom. The van der Waals surface area contributed by atoms with E-state index < -0.39 is 0 Å². The van der Waals surface area contributed by atoms with E-state index >= 15 is 0 Å². The van der Waals surface area contributed by atoms with Crippen molar-refractivity contribution in [2.75, 3.05) is 80.0 Å². The molecule has 2 fully saturated rings. The van der Waals surface area contributed by atoms with Crippen LogP contribution in [0.2, 0.25) is 0 Å². The Morgan fingerprint density at radius 3 is 2.76 bits per heavy atom. The van der Waals surface area contributed by atoms with Crippen molar-refractivity contribution in [2.45, 2.75) is 19.4 Å². The number of nitrogens with zero attached hydrogens (tertiary/aromatic N) is 7. The average Bonchev–Trinajstić information content (AvgIpc) is 2.94. The van der Waals surface area contributed by atoms with Gasteiger partial charge in [0, 0.05) is 62.1 Å². The molecule has 0 unspecified atom stereocenters. The van der Waals surface area contributed by atoms with Crippen LogP contribution in [0.15, 0.2) is 18.3 Å². The van der Waals surface area contributed by atoms with Crippen molar-refractivity contribution in [1.29, 1.82) is 5.26 Å². The molecule has 5 heterocycles. The Kier molecular flexibility index (Phi) is 7.85. The Hall–Kier alpha value is -3.56. The summed E-state index contributed by atoms with van der Waals surface area (Å²) in [5.74, 6) is 3.44. The zero-order valence-corrected chi connectivity index (χ0v) is 22.6. The number of amides is 3. The van der Waals surface area contributed by atoms with Gasteiger partial charge in [-0.15, -0.1) is 0 Å². The van der Waals surface area contributed by atoms with Crippen LogP contribution >= 0.6 is 11.8 Å². The first-order valence-corrected chi connectivity index (χ1v) is 14.0. The zero-order chi connectivity index (χ0) is 26.6. The van der Waals surface area contributed by atoms with Crippen LogP contribution in [0.1, 0.15) is 23.1 Å². The standard InChI is InChI=1S/C26H32N8O3S/c1-31-6-7-33(23(35)17-31)16-19-12-18-4-3-5-34(24(18)30-25(19)37-2)26(36)29-22-13-21(20(14-27)15-28-22)32-8-10-38-11-9-32/h12-13,15H,3-11,16-17H2,1-2H3,(H,28,29,36). The predicted molar refractivity (Wildman–Crippen MR) is 147 cm³/mol. The number of carbonyl (C=O) groups is 2. The molecule has 11 nitrogen and oxygen atoms in total. The van der Waals surface area contributed by atoms with E-state index in [9.17, 15) is 14.9 Å². The van der Waals surface area contributed by atoms with Gasteiger partial charge in [-0.05, 0) is 31.5 Å². The fourth-order valence-electron chi connectivity index (χ4n) is 5.06. The number of thioether (sulfide) groups is 1. The number of carbonyl (C=O) groups excluding carboxylic acids is 2. The van der Waals surface area contributed by atoms with E-state index in [-0.39, 0.29) is 11.9 Å². The summed E-state index contributed by atoms with van der Waals surface area (Å²) in [5.41, 5.74) is 3.07. The maximum absolute atomic E-state index is 13.4. The molecule has 2 saturated heterocycles. The fraction of sp³-hybridized carbons (Fsp3) is 0.500. The average molecular weight is 537 g/mol. The molecule has 0 aromatic carbocycles. The lowest BCUT2D eigenvalue weighted by Crippen LogP contribution is -2.48. The second kappa shape index (κ2) is 11.4. The summed E-state index contributed by atoms with van der Waals surface area (Å²) >= 11 is 1.89. The van der Waals surface area contributed by atoms with E-state index in [2.05, 4.69) is 21.3 Å². The number of anilines is 3. The molecule has 2 aromatic rings. The number of ether oxygens (including phenoxy) is 1. The van der Waals surface area contributed by atoms with Gasteiger partial charge < -0.3 is 14.5 Å². The number of hydrogen-bond donors (Lipinski definition) is 1. The highest BCUT2D eigenvalue weighted by atomic mass is 32.2. The third kappa shape index (κ3) is 5.49. The van der Waals surface area contributed by atoms with Gasteiger partial charge >= 0.3 is 6.03 Å². The molecule has 12 heteroatoms. The van der Waals surface area contributed by atoms with Gasteiger partial charge in [0.1, 0.15) is 17.7 Å². The van der Waals surface area contributed by atoms with Gasteiger partial charge in [-0.1, -0.05) is 0 Å². The lowest BCUT2D eigenvalue weighted by molar-refractivity contribution is -0.136. The summed E-state index contributed by atoms with van der Waals surface area (Å²) in [6, 6.07) is 5.68. The smallest absolute Gasteiger partial charge is 0.328 e. The number of likely N-dealkylation sites (N-methyl/N-ethyl adjacent to an activating group) is 1. The second-order valence-corrected chi connectivity index (χ2v) is 10.9. The number of nitriles is 1. The lowest BCUT2D eigenvalue weighted by Gasteiger charge is -2.33. The van der Waals surface area contributed by atoms with Crippen molar-refractivity contribution < 1.29 is 14.3 Å². The quantitative estimate of drug-likeness (QED) is 0.613. The number of aromatic nitrogens is 2. The van der Waals surface area contributed by atoms with E-state index in [1.165, 1.54) is 6.20 Å². The molecule has 0 bridgehead atoms. The van der Waals surface area contributed by atoms with Gasteiger partial charge in [-0.25, -0.2) is 9.78 Å². The molecule has 0 saturated carbocycles. The predicted octanol–water partition coefficient (Wildman–Crippen LogP) is 2.17. The van der Waals surface area contributed by atoms with Crippen molar-refractivity contribution >= 4 is 41.0 Å². The number of methoxy groups -OCH3 is 1. The minimum atomic E-state index is -0.333. The minimum absolute atomic E-state index is 0.0807. The summed E-state index contributed by atoms with van der Waals surface area (Å²) < 4.78 is 5.60. The molecule has 0 radical (unpaired) electrons. The molecule has 3 aliphatic heterocycles. The largest absolute Gasteiger partial charge is 0.481 e. The maximum Gasteiger partial charge on any atom is 0.328 e. The molecule has 0 spiro atoms. The van der Waals surface area contributed by atoms with Crippen LogP contribution in [0.4, 0.5) is 22.1 Å². The molecule has 2 aromatic heterocycles. The second-order valence-electron chi connectivity index (χ2n) is 9.68. The number of pyridine rings is 2. The van der Waals surface area contributed by atoms with Gasteiger partial charge in [0.2, 0.25) is 11.8 Å². The van der Waals surface area contributed by atoms with Crippen LogP contribution in [0.5, 0.6) is 5.88 Å². The zero-order valence-electron chi connectivity index (χ0n) is 21.8. The first-order chi connectivity index (χ1) is 18.5. The van der Waals surface area contributed by atoms with Crippen LogP contribution < -0.4 is 19.9 Å². The molecule has 1 N–H and O–H groups in total. The number of rotatable bonds is 5. The first kappa shape index (κ1) is 26.1. The van der Waals surface area contributed by atoms with Crippen molar-refractivity contribution in [3.63, 3.8) is 0 Å². The van der Waals surface area contributed by atoms with Crippen LogP contribution in [-0.2, 0) is 17.8 Å². The van der Waals surface area contributed by atoms with E-state index in [1.807, 2.05) is 34.7 Å². The van der Waals surface area contributed by atoms with Crippen LogP contribution in [-0.4, -0.2) is 96.6 Å². The molecule has 200 valence electrons. The molecule has 38 heavy (non-hydrogen) atoms. The van der Waals surface area contributed by atoms with Crippen LogP contribution in [0.25, 0.3) is 0 Å². The van der Waals surface area contributed by atoms with E-state index in [0.717, 1.165) is 60.8 Å². The maximum atomic E-state index is 13.4. The molecule has 0 aliphatic carbocycles. The van der Waals surface area contributed by atoms with Crippen molar-refractivity contribution in [3.05, 3.63) is 35.0 Å². The SMILES string of the molecule is COc1nc2c(cc1CN1CCN(C)CC1=O)CCCN2C(=O)Nc1cc(N2CCSCC2)c(C#N)cn1. The molecule has 0 atom stereocenters. The van der Waals surface area contributed by atoms with Crippen molar-refractivity contribution in [3.8, 4) is 11.9 Å². The molecular formula is C26H32N8O3S. The monoisotopic (exact) mass is 536 g/mol. The Morgan fingerprint density at radius 2 is 2.03 bits per heavy atom. The van der Waals surface area contributed by atoms with E-state index in [4.69, 9.17) is 9.72 Å². The molecule has 3 amide bonds. The number of piperazine rings is 1. The van der Waals surface area contributed by atoms with Gasteiger partial charge in [0.15, 0.2) is 0 Å². The number of aryl methyl sites for hydroxylation is 1. The highest BCUT2D eigenvalue weighted by Crippen LogP contribution is 2.32. The van der Waals surface area contributed by atoms with Gasteiger partial charge in [-0.2, -0.15) is 22.0 Å². The molecule has 5 rings (SSSR count). The topological polar surface area (TPSA) is 118 Å². The third-order valence-corrected chi connectivity index (χ3v) is 8.04. The fourth-order valence-corrected chi connectivity index (χ4v) is 5.96. The summed E-state index contributed by atoms with van der Waals surface area (Å²) in [5, 5.41) is 12.5. The normalized spacial score (nSPS) is 18.1. The number of urea groups is 1. The Labute approximate surface area is 226 Å². The van der Waals surface area contributed by atoms with E-state index in [1.54, 1.807) is 18.1 Å². The van der Waals surface area contributed by atoms with Crippen LogP contribution in [0, 0.1) is 11.3 Å². The highest BCUT2D eigenvalue weighted by molar-refractivity contribution is 7.99. The minimum Gasteiger partial charge on any atom is -0.481 e. The molecule has 3 aliphatic rings. The summed E-state index contributed by atoms with van der Waals surface area (Å²) in [6.45, 7) is 4.51. The number of nitrogens with one attached hydrogen (secondary N) is 1. The summed E-state index contributed by atoms with van der Waals surface area (Å²) in [7, 11) is 3.50. The van der Waals surface area contributed by atoms with Crippen molar-refractivity contribution in [2.24, 2.45) is 0 Å². The number of fused-ring (bicyclic) bond motifs is 1. The van der Waals surface area contributed by atoms with Gasteiger partial charge in [-0.3, -0.25) is 19.9 Å².